The summed E-state index contributed by atoms with van der Waals surface area (Å²) in [6.07, 6.45) is 5.18. The largest absolute Gasteiger partial charge is 0.382 e. The van der Waals surface area contributed by atoms with E-state index in [1.54, 1.807) is 0 Å². The van der Waals surface area contributed by atoms with Crippen LogP contribution in [-0.2, 0) is 11.3 Å². The number of aryl methyl sites for hydroxylation is 3. The second kappa shape index (κ2) is 9.82. The molecule has 1 aliphatic carbocycles. The van der Waals surface area contributed by atoms with Crippen molar-refractivity contribution in [3.8, 4) is 0 Å². The molecule has 1 saturated carbocycles. The van der Waals surface area contributed by atoms with Gasteiger partial charge in [0.15, 0.2) is 5.65 Å². The van der Waals surface area contributed by atoms with Crippen LogP contribution in [0, 0.1) is 26.7 Å². The van der Waals surface area contributed by atoms with Crippen LogP contribution in [0.4, 0.5) is 5.69 Å². The Bertz CT molecular complexity index is 1080. The topological polar surface area (TPSA) is 55.2 Å². The van der Waals surface area contributed by atoms with Crippen LogP contribution in [0.3, 0.4) is 0 Å². The van der Waals surface area contributed by atoms with Gasteiger partial charge in [0.05, 0.1) is 19.8 Å². The normalized spacial score (nSPS) is 22.0. The number of rotatable bonds is 6. The second-order valence-electron chi connectivity index (χ2n) is 9.97. The van der Waals surface area contributed by atoms with Crippen molar-refractivity contribution in [2.24, 2.45) is 5.92 Å². The number of fused-ring (bicyclic) bond motifs is 1. The standard InChI is InChI=1S/C27H37N5O/c1-19-16-20(2)28-27-26(19)29-21(3)32(27)18-23-6-10-25(11-7-23)30-24-8-4-22(5-9-24)17-31-12-14-33-15-13-31/h6-7,10-11,16,22,24,30H,4-5,8-9,12-15,17-18H2,1-3H3. The van der Waals surface area contributed by atoms with E-state index >= 15 is 0 Å². The molecule has 0 spiro atoms. The van der Waals surface area contributed by atoms with Crippen LogP contribution < -0.4 is 5.32 Å². The Labute approximate surface area is 197 Å². The van der Waals surface area contributed by atoms with Crippen molar-refractivity contribution >= 4 is 16.9 Å². The van der Waals surface area contributed by atoms with E-state index in [-0.39, 0.29) is 0 Å². The van der Waals surface area contributed by atoms with Crippen molar-refractivity contribution in [3.63, 3.8) is 0 Å². The monoisotopic (exact) mass is 447 g/mol. The molecule has 1 saturated heterocycles. The first-order valence-electron chi connectivity index (χ1n) is 12.5. The minimum Gasteiger partial charge on any atom is -0.382 e. The Kier molecular flexibility index (Phi) is 6.65. The number of imidazole rings is 1. The summed E-state index contributed by atoms with van der Waals surface area (Å²) in [5.74, 6) is 1.86. The van der Waals surface area contributed by atoms with Gasteiger partial charge in [-0.3, -0.25) is 4.90 Å². The van der Waals surface area contributed by atoms with Crippen molar-refractivity contribution in [1.82, 2.24) is 19.4 Å². The summed E-state index contributed by atoms with van der Waals surface area (Å²) >= 11 is 0. The lowest BCUT2D eigenvalue weighted by atomic mass is 9.85. The van der Waals surface area contributed by atoms with Gasteiger partial charge in [0.2, 0.25) is 0 Å². The number of anilines is 1. The highest BCUT2D eigenvalue weighted by Crippen LogP contribution is 2.28. The van der Waals surface area contributed by atoms with Crippen LogP contribution in [0.2, 0.25) is 0 Å². The van der Waals surface area contributed by atoms with Gasteiger partial charge in [0.1, 0.15) is 11.3 Å². The average Bonchev–Trinajstić information content (AvgIpc) is 3.12. The number of morpholine rings is 1. The van der Waals surface area contributed by atoms with Crippen LogP contribution in [0.15, 0.2) is 30.3 Å². The maximum Gasteiger partial charge on any atom is 0.160 e. The smallest absolute Gasteiger partial charge is 0.160 e. The van der Waals surface area contributed by atoms with Gasteiger partial charge in [-0.15, -0.1) is 0 Å². The third-order valence-corrected chi connectivity index (χ3v) is 7.35. The third-order valence-electron chi connectivity index (χ3n) is 7.35. The quantitative estimate of drug-likeness (QED) is 0.593. The Hall–Kier alpha value is -2.44. The molecule has 33 heavy (non-hydrogen) atoms. The molecule has 6 nitrogen and oxygen atoms in total. The number of nitrogens with zero attached hydrogens (tertiary/aromatic N) is 4. The second-order valence-corrected chi connectivity index (χ2v) is 9.97. The lowest BCUT2D eigenvalue weighted by Crippen LogP contribution is -2.40. The first kappa shape index (κ1) is 22.4. The molecule has 2 aliphatic rings. The van der Waals surface area contributed by atoms with E-state index in [0.717, 1.165) is 61.4 Å². The Morgan fingerprint density at radius 2 is 1.70 bits per heavy atom. The van der Waals surface area contributed by atoms with E-state index in [4.69, 9.17) is 14.7 Å². The highest BCUT2D eigenvalue weighted by molar-refractivity contribution is 5.76. The van der Waals surface area contributed by atoms with Gasteiger partial charge in [0.25, 0.3) is 0 Å². The van der Waals surface area contributed by atoms with Crippen LogP contribution >= 0.6 is 0 Å². The minimum atomic E-state index is 0.590. The summed E-state index contributed by atoms with van der Waals surface area (Å²) in [4.78, 5) is 12.1. The first-order chi connectivity index (χ1) is 16.0. The zero-order chi connectivity index (χ0) is 22.8. The maximum atomic E-state index is 5.48. The summed E-state index contributed by atoms with van der Waals surface area (Å²) in [5, 5.41) is 3.78. The van der Waals surface area contributed by atoms with Gasteiger partial charge in [-0.25, -0.2) is 9.97 Å². The molecule has 0 atom stereocenters. The summed E-state index contributed by atoms with van der Waals surface area (Å²) in [6.45, 7) is 12.3. The Balaban J connectivity index is 1.16. The lowest BCUT2D eigenvalue weighted by molar-refractivity contribution is 0.0276. The molecule has 0 radical (unpaired) electrons. The number of aromatic nitrogens is 3. The minimum absolute atomic E-state index is 0.590. The average molecular weight is 448 g/mol. The molecule has 0 amide bonds. The molecule has 1 aliphatic heterocycles. The molecule has 176 valence electrons. The highest BCUT2D eigenvalue weighted by Gasteiger charge is 2.23. The number of hydrogen-bond acceptors (Lipinski definition) is 5. The summed E-state index contributed by atoms with van der Waals surface area (Å²) in [5.41, 5.74) is 6.74. The van der Waals surface area contributed by atoms with E-state index in [0.29, 0.717) is 6.04 Å². The van der Waals surface area contributed by atoms with Crippen molar-refractivity contribution in [1.29, 1.82) is 0 Å². The van der Waals surface area contributed by atoms with Crippen molar-refractivity contribution in [2.75, 3.05) is 38.2 Å². The van der Waals surface area contributed by atoms with Crippen LogP contribution in [-0.4, -0.2) is 58.3 Å². The fourth-order valence-corrected chi connectivity index (χ4v) is 5.46. The van der Waals surface area contributed by atoms with Crippen LogP contribution in [0.5, 0.6) is 0 Å². The van der Waals surface area contributed by atoms with Gasteiger partial charge in [0, 0.05) is 37.1 Å². The lowest BCUT2D eigenvalue weighted by Gasteiger charge is -2.34. The predicted octanol–water partition coefficient (Wildman–Crippen LogP) is 4.71. The molecule has 6 heteroatoms. The summed E-state index contributed by atoms with van der Waals surface area (Å²) < 4.78 is 7.71. The molecule has 0 bridgehead atoms. The molecule has 1 aromatic carbocycles. The molecule has 1 N–H and O–H groups in total. The van der Waals surface area contributed by atoms with Crippen molar-refractivity contribution in [3.05, 3.63) is 53.0 Å². The Morgan fingerprint density at radius 3 is 2.42 bits per heavy atom. The molecule has 0 unspecified atom stereocenters. The number of pyridine rings is 1. The summed E-state index contributed by atoms with van der Waals surface area (Å²) in [6, 6.07) is 11.6. The zero-order valence-corrected chi connectivity index (χ0v) is 20.3. The number of ether oxygens (including phenoxy) is 1. The molecule has 5 rings (SSSR count). The molecule has 3 aromatic rings. The van der Waals surface area contributed by atoms with E-state index in [1.165, 1.54) is 49.0 Å². The SMILES string of the molecule is Cc1cc(C)c2nc(C)n(Cc3ccc(NC4CCC(CN5CCOCC5)CC4)cc3)c2n1. The van der Waals surface area contributed by atoms with Gasteiger partial charge in [-0.1, -0.05) is 12.1 Å². The van der Waals surface area contributed by atoms with Gasteiger partial charge >= 0.3 is 0 Å². The highest BCUT2D eigenvalue weighted by atomic mass is 16.5. The third kappa shape index (κ3) is 5.22. The number of nitrogens with one attached hydrogen (secondary N) is 1. The molecular weight excluding hydrogens is 410 g/mol. The van der Waals surface area contributed by atoms with Crippen LogP contribution in [0.25, 0.3) is 11.2 Å². The molecule has 2 aromatic heterocycles. The van der Waals surface area contributed by atoms with Crippen molar-refractivity contribution < 1.29 is 4.74 Å². The fourth-order valence-electron chi connectivity index (χ4n) is 5.46. The van der Waals surface area contributed by atoms with Gasteiger partial charge in [-0.05, 0) is 81.7 Å². The Morgan fingerprint density at radius 1 is 0.970 bits per heavy atom. The van der Waals surface area contributed by atoms with E-state index in [9.17, 15) is 0 Å². The summed E-state index contributed by atoms with van der Waals surface area (Å²) in [7, 11) is 0. The van der Waals surface area contributed by atoms with Crippen molar-refractivity contribution in [2.45, 2.75) is 59.0 Å². The van der Waals surface area contributed by atoms with Gasteiger partial charge in [-0.2, -0.15) is 0 Å². The molecular formula is C27H37N5O. The molecule has 2 fully saturated rings. The predicted molar refractivity (Wildman–Crippen MR) is 134 cm³/mol. The number of hydrogen-bond donors (Lipinski definition) is 1. The van der Waals surface area contributed by atoms with Crippen LogP contribution in [0.1, 0.15) is 48.3 Å². The van der Waals surface area contributed by atoms with Gasteiger partial charge < -0.3 is 14.6 Å². The zero-order valence-electron chi connectivity index (χ0n) is 20.3. The number of benzene rings is 1. The van der Waals surface area contributed by atoms with E-state index < -0.39 is 0 Å². The van der Waals surface area contributed by atoms with E-state index in [2.05, 4.69) is 65.9 Å². The fraction of sp³-hybridized carbons (Fsp3) is 0.556. The van der Waals surface area contributed by atoms with E-state index in [1.807, 2.05) is 0 Å². The molecule has 3 heterocycles. The maximum absolute atomic E-state index is 5.48. The first-order valence-corrected chi connectivity index (χ1v) is 12.5.